The van der Waals surface area contributed by atoms with E-state index in [-0.39, 0.29) is 9.92 Å². The number of sulfone groups is 1. The van der Waals surface area contributed by atoms with E-state index < -0.39 is 21.5 Å². The Hall–Kier alpha value is -2.64. The molecule has 0 aromatic heterocycles. The Bertz CT molecular complexity index is 1150. The molecule has 0 saturated heterocycles. The third-order valence-electron chi connectivity index (χ3n) is 4.41. The van der Waals surface area contributed by atoms with Gasteiger partial charge in [0.15, 0.2) is 21.5 Å². The van der Waals surface area contributed by atoms with Crippen LogP contribution in [-0.2, 0) is 9.84 Å². The summed E-state index contributed by atoms with van der Waals surface area (Å²) in [5, 5.41) is 0.250. The summed E-state index contributed by atoms with van der Waals surface area (Å²) >= 11 is 6.20. The molecule has 3 rings (SSSR count). The first-order valence-corrected chi connectivity index (χ1v) is 10.6. The first kappa shape index (κ1) is 21.1. The summed E-state index contributed by atoms with van der Waals surface area (Å²) in [5.74, 6) is -1.43. The maximum absolute atomic E-state index is 14.1. The molecule has 3 aromatic carbocycles. The van der Waals surface area contributed by atoms with Gasteiger partial charge in [0, 0.05) is 6.26 Å². The van der Waals surface area contributed by atoms with Crippen LogP contribution in [-0.4, -0.2) is 28.9 Å². The Kier molecular flexibility index (Phi) is 5.82. The van der Waals surface area contributed by atoms with Gasteiger partial charge >= 0.3 is 0 Å². The van der Waals surface area contributed by atoms with Crippen molar-refractivity contribution in [2.24, 2.45) is 0 Å². The van der Waals surface area contributed by atoms with Gasteiger partial charge in [-0.2, -0.15) is 0 Å². The van der Waals surface area contributed by atoms with Crippen molar-refractivity contribution in [2.45, 2.75) is 4.90 Å². The second-order valence-electron chi connectivity index (χ2n) is 6.30. The summed E-state index contributed by atoms with van der Waals surface area (Å²) in [7, 11) is -0.521. The quantitative estimate of drug-likeness (QED) is 0.537. The molecule has 0 aliphatic carbocycles. The van der Waals surface area contributed by atoms with Crippen LogP contribution in [0.4, 0.5) is 8.78 Å². The molecule has 0 unspecified atom stereocenters. The third-order valence-corrected chi connectivity index (χ3v) is 5.91. The second kappa shape index (κ2) is 8.00. The molecule has 0 heterocycles. The van der Waals surface area contributed by atoms with E-state index in [0.29, 0.717) is 33.8 Å². The summed E-state index contributed by atoms with van der Waals surface area (Å²) in [6.45, 7) is 0. The lowest BCUT2D eigenvalue weighted by molar-refractivity contribution is 0.395. The van der Waals surface area contributed by atoms with Gasteiger partial charge in [-0.3, -0.25) is 0 Å². The standard InChI is InChI=1S/C21H17ClF2O4S/c1-27-19-8-13(9-20(28-2)21(19)22)16-11-18(24)17(23)10-15(16)12-4-6-14(7-5-12)29(3,25)26/h4-11H,1-3H3. The molecule has 0 atom stereocenters. The van der Waals surface area contributed by atoms with Gasteiger partial charge in [0.1, 0.15) is 16.5 Å². The number of ether oxygens (including phenoxy) is 2. The second-order valence-corrected chi connectivity index (χ2v) is 8.70. The summed E-state index contributed by atoms with van der Waals surface area (Å²) in [5.41, 5.74) is 1.74. The lowest BCUT2D eigenvalue weighted by atomic mass is 9.94. The Labute approximate surface area is 172 Å². The van der Waals surface area contributed by atoms with Crippen molar-refractivity contribution in [1.82, 2.24) is 0 Å². The SMILES string of the molecule is COc1cc(-c2cc(F)c(F)cc2-c2ccc(S(C)(=O)=O)cc2)cc(OC)c1Cl. The number of hydrogen-bond donors (Lipinski definition) is 0. The van der Waals surface area contributed by atoms with Gasteiger partial charge in [0.2, 0.25) is 0 Å². The van der Waals surface area contributed by atoms with Crippen molar-refractivity contribution in [1.29, 1.82) is 0 Å². The first-order valence-electron chi connectivity index (χ1n) is 8.37. The zero-order valence-corrected chi connectivity index (χ0v) is 17.4. The highest BCUT2D eigenvalue weighted by Crippen LogP contribution is 2.42. The van der Waals surface area contributed by atoms with Crippen molar-refractivity contribution in [3.63, 3.8) is 0 Å². The number of hydrogen-bond acceptors (Lipinski definition) is 4. The molecule has 0 spiro atoms. The van der Waals surface area contributed by atoms with E-state index in [9.17, 15) is 17.2 Å². The Morgan fingerprint density at radius 1 is 0.793 bits per heavy atom. The van der Waals surface area contributed by atoms with Crippen LogP contribution in [0.2, 0.25) is 5.02 Å². The van der Waals surface area contributed by atoms with Crippen LogP contribution in [0, 0.1) is 11.6 Å². The van der Waals surface area contributed by atoms with E-state index in [0.717, 1.165) is 18.4 Å². The Morgan fingerprint density at radius 2 is 1.24 bits per heavy atom. The van der Waals surface area contributed by atoms with E-state index in [4.69, 9.17) is 21.1 Å². The minimum absolute atomic E-state index is 0.125. The van der Waals surface area contributed by atoms with Crippen LogP contribution in [0.5, 0.6) is 11.5 Å². The maximum Gasteiger partial charge on any atom is 0.175 e. The predicted molar refractivity (Wildman–Crippen MR) is 108 cm³/mol. The van der Waals surface area contributed by atoms with Crippen LogP contribution in [0.15, 0.2) is 53.4 Å². The van der Waals surface area contributed by atoms with E-state index in [1.807, 2.05) is 0 Å². The van der Waals surface area contributed by atoms with Crippen LogP contribution < -0.4 is 9.47 Å². The van der Waals surface area contributed by atoms with Crippen LogP contribution in [0.3, 0.4) is 0 Å². The zero-order chi connectivity index (χ0) is 21.3. The molecule has 0 N–H and O–H groups in total. The molecule has 0 bridgehead atoms. The molecular formula is C21H17ClF2O4S. The number of rotatable bonds is 5. The third kappa shape index (κ3) is 4.21. The largest absolute Gasteiger partial charge is 0.495 e. The van der Waals surface area contributed by atoms with E-state index in [1.54, 1.807) is 12.1 Å². The van der Waals surface area contributed by atoms with Crippen molar-refractivity contribution >= 4 is 21.4 Å². The molecule has 8 heteroatoms. The van der Waals surface area contributed by atoms with Gasteiger partial charge in [-0.25, -0.2) is 17.2 Å². The first-order chi connectivity index (χ1) is 13.7. The fourth-order valence-electron chi connectivity index (χ4n) is 2.93. The minimum Gasteiger partial charge on any atom is -0.495 e. The highest BCUT2D eigenvalue weighted by atomic mass is 35.5. The summed E-state index contributed by atoms with van der Waals surface area (Å²) in [4.78, 5) is 0.125. The van der Waals surface area contributed by atoms with E-state index in [2.05, 4.69) is 0 Å². The van der Waals surface area contributed by atoms with Crippen LogP contribution in [0.1, 0.15) is 0 Å². The average molecular weight is 439 g/mol. The fourth-order valence-corrected chi connectivity index (χ4v) is 3.82. The Balaban J connectivity index is 2.25. The lowest BCUT2D eigenvalue weighted by Crippen LogP contribution is -1.97. The maximum atomic E-state index is 14.1. The molecule has 152 valence electrons. The van der Waals surface area contributed by atoms with Crippen molar-refractivity contribution in [3.8, 4) is 33.8 Å². The highest BCUT2D eigenvalue weighted by Gasteiger charge is 2.18. The molecule has 0 fully saturated rings. The van der Waals surface area contributed by atoms with Crippen LogP contribution >= 0.6 is 11.6 Å². The number of benzene rings is 3. The van der Waals surface area contributed by atoms with Gasteiger partial charge < -0.3 is 9.47 Å². The van der Waals surface area contributed by atoms with Gasteiger partial charge in [-0.15, -0.1) is 0 Å². The molecular weight excluding hydrogens is 422 g/mol. The average Bonchev–Trinajstić information content (AvgIpc) is 2.69. The monoisotopic (exact) mass is 438 g/mol. The smallest absolute Gasteiger partial charge is 0.175 e. The normalized spacial score (nSPS) is 11.4. The Morgan fingerprint density at radius 3 is 1.66 bits per heavy atom. The molecule has 29 heavy (non-hydrogen) atoms. The lowest BCUT2D eigenvalue weighted by Gasteiger charge is -2.15. The van der Waals surface area contributed by atoms with Crippen molar-refractivity contribution in [2.75, 3.05) is 20.5 Å². The van der Waals surface area contributed by atoms with Crippen molar-refractivity contribution < 1.29 is 26.7 Å². The zero-order valence-electron chi connectivity index (χ0n) is 15.8. The number of methoxy groups -OCH3 is 2. The fraction of sp³-hybridized carbons (Fsp3) is 0.143. The molecule has 0 saturated carbocycles. The molecule has 3 aromatic rings. The van der Waals surface area contributed by atoms with E-state index in [1.165, 1.54) is 38.5 Å². The summed E-state index contributed by atoms with van der Waals surface area (Å²) in [6.07, 6.45) is 1.09. The predicted octanol–water partition coefficient (Wildman–Crippen LogP) is 5.37. The molecule has 0 aliphatic rings. The summed E-state index contributed by atoms with van der Waals surface area (Å²) in [6, 6.07) is 11.2. The van der Waals surface area contributed by atoms with Gasteiger partial charge in [0.25, 0.3) is 0 Å². The molecule has 0 aliphatic heterocycles. The number of halogens is 3. The van der Waals surface area contributed by atoms with Crippen LogP contribution in [0.25, 0.3) is 22.3 Å². The van der Waals surface area contributed by atoms with Gasteiger partial charge in [0.05, 0.1) is 19.1 Å². The molecule has 0 radical (unpaired) electrons. The van der Waals surface area contributed by atoms with E-state index >= 15 is 0 Å². The van der Waals surface area contributed by atoms with Gasteiger partial charge in [-0.1, -0.05) is 23.7 Å². The minimum atomic E-state index is -3.38. The highest BCUT2D eigenvalue weighted by molar-refractivity contribution is 7.90. The molecule has 4 nitrogen and oxygen atoms in total. The molecule has 0 amide bonds. The summed E-state index contributed by atoms with van der Waals surface area (Å²) < 4.78 is 62.0. The van der Waals surface area contributed by atoms with Gasteiger partial charge in [-0.05, 0) is 58.7 Å². The van der Waals surface area contributed by atoms with Crippen molar-refractivity contribution in [3.05, 3.63) is 65.2 Å². The topological polar surface area (TPSA) is 52.6 Å².